The number of fused-ring (bicyclic) bond motifs is 1. The Kier molecular flexibility index (Phi) is 2.85. The number of aromatic carboxylic acids is 1. The molecule has 1 aliphatic rings. The Morgan fingerprint density at radius 3 is 2.65 bits per heavy atom. The molecular formula is C15H17N3O2. The van der Waals surface area contributed by atoms with Crippen LogP contribution in [0.4, 0.5) is 5.82 Å². The van der Waals surface area contributed by atoms with E-state index in [2.05, 4.69) is 29.1 Å². The van der Waals surface area contributed by atoms with Gasteiger partial charge in [0.2, 0.25) is 5.82 Å². The number of anilines is 1. The number of hydrogen-bond donors (Lipinski definition) is 2. The lowest BCUT2D eigenvalue weighted by atomic mass is 9.98. The summed E-state index contributed by atoms with van der Waals surface area (Å²) in [4.78, 5) is 19.4. The first-order valence-corrected chi connectivity index (χ1v) is 6.75. The van der Waals surface area contributed by atoms with Gasteiger partial charge < -0.3 is 10.4 Å². The van der Waals surface area contributed by atoms with Crippen molar-refractivity contribution in [3.05, 3.63) is 30.1 Å². The fourth-order valence-electron chi connectivity index (χ4n) is 2.48. The van der Waals surface area contributed by atoms with E-state index in [-0.39, 0.29) is 11.4 Å². The Hall–Kier alpha value is -2.17. The fraction of sp³-hybridized carbons (Fsp3) is 0.400. The zero-order chi connectivity index (χ0) is 14.3. The molecule has 1 fully saturated rings. The number of carbonyl (C=O) groups is 1. The Morgan fingerprint density at radius 1 is 1.30 bits per heavy atom. The number of benzene rings is 1. The van der Waals surface area contributed by atoms with Gasteiger partial charge in [0.1, 0.15) is 5.82 Å². The molecule has 2 N–H and O–H groups in total. The lowest BCUT2D eigenvalue weighted by Crippen LogP contribution is -2.34. The van der Waals surface area contributed by atoms with E-state index in [9.17, 15) is 4.79 Å². The summed E-state index contributed by atoms with van der Waals surface area (Å²) in [6.45, 7) is 4.25. The number of nitrogens with zero attached hydrogens (tertiary/aromatic N) is 2. The molecule has 0 atom stereocenters. The van der Waals surface area contributed by atoms with E-state index < -0.39 is 5.97 Å². The van der Waals surface area contributed by atoms with Gasteiger partial charge in [0, 0.05) is 10.9 Å². The van der Waals surface area contributed by atoms with Crippen molar-refractivity contribution < 1.29 is 9.90 Å². The van der Waals surface area contributed by atoms with E-state index in [4.69, 9.17) is 5.11 Å². The molecule has 5 nitrogen and oxygen atoms in total. The van der Waals surface area contributed by atoms with Crippen LogP contribution in [0.3, 0.4) is 0 Å². The van der Waals surface area contributed by atoms with Crippen LogP contribution < -0.4 is 5.32 Å². The van der Waals surface area contributed by atoms with Gasteiger partial charge in [0.15, 0.2) is 0 Å². The Morgan fingerprint density at radius 2 is 2.00 bits per heavy atom. The smallest absolute Gasteiger partial charge is 0.374 e. The van der Waals surface area contributed by atoms with Gasteiger partial charge in [-0.2, -0.15) is 0 Å². The molecule has 2 aromatic rings. The van der Waals surface area contributed by atoms with Crippen molar-refractivity contribution in [2.45, 2.75) is 32.2 Å². The van der Waals surface area contributed by atoms with Gasteiger partial charge in [0.05, 0.1) is 5.52 Å². The Balaban J connectivity index is 2.09. The van der Waals surface area contributed by atoms with Crippen LogP contribution in [0.1, 0.15) is 37.3 Å². The molecule has 20 heavy (non-hydrogen) atoms. The highest BCUT2D eigenvalue weighted by molar-refractivity contribution is 5.93. The maximum atomic E-state index is 11.2. The zero-order valence-electron chi connectivity index (χ0n) is 11.6. The predicted octanol–water partition coefficient (Wildman–Crippen LogP) is 2.93. The third-order valence-corrected chi connectivity index (χ3v) is 3.83. The summed E-state index contributed by atoms with van der Waals surface area (Å²) < 4.78 is 0. The summed E-state index contributed by atoms with van der Waals surface area (Å²) in [7, 11) is 0. The quantitative estimate of drug-likeness (QED) is 0.894. The van der Waals surface area contributed by atoms with Crippen LogP contribution in [0.25, 0.3) is 10.9 Å². The van der Waals surface area contributed by atoms with Crippen molar-refractivity contribution >= 4 is 22.7 Å². The molecule has 0 radical (unpaired) electrons. The van der Waals surface area contributed by atoms with Crippen LogP contribution in [0.5, 0.6) is 0 Å². The van der Waals surface area contributed by atoms with E-state index in [1.807, 2.05) is 18.2 Å². The van der Waals surface area contributed by atoms with E-state index in [1.54, 1.807) is 6.07 Å². The molecular weight excluding hydrogens is 254 g/mol. The molecule has 1 saturated carbocycles. The first-order chi connectivity index (χ1) is 9.47. The van der Waals surface area contributed by atoms with Gasteiger partial charge in [-0.15, -0.1) is 0 Å². The number of carboxylic acids is 1. The van der Waals surface area contributed by atoms with Crippen molar-refractivity contribution in [1.82, 2.24) is 9.97 Å². The summed E-state index contributed by atoms with van der Waals surface area (Å²) in [5, 5.41) is 13.4. The standard InChI is InChI=1S/C15H17N3O2/c1-15(2,9-7-8-9)18-12-10-5-3-4-6-11(10)16-13(17-12)14(19)20/h3-6,9H,7-8H2,1-2H3,(H,19,20)(H,16,17,18). The summed E-state index contributed by atoms with van der Waals surface area (Å²) in [6, 6.07) is 7.46. The lowest BCUT2D eigenvalue weighted by molar-refractivity contribution is 0.0684. The molecule has 0 unspecified atom stereocenters. The number of aromatic nitrogens is 2. The Bertz CT molecular complexity index is 678. The summed E-state index contributed by atoms with van der Waals surface area (Å²) >= 11 is 0. The number of para-hydroxylation sites is 1. The molecule has 5 heteroatoms. The normalized spacial score (nSPS) is 15.3. The number of carboxylic acid groups (broad SMARTS) is 1. The van der Waals surface area contributed by atoms with Crippen LogP contribution >= 0.6 is 0 Å². The van der Waals surface area contributed by atoms with Crippen LogP contribution in [-0.4, -0.2) is 26.6 Å². The van der Waals surface area contributed by atoms with Gasteiger partial charge in [-0.3, -0.25) is 0 Å². The van der Waals surface area contributed by atoms with Gasteiger partial charge in [-0.25, -0.2) is 14.8 Å². The highest BCUT2D eigenvalue weighted by atomic mass is 16.4. The van der Waals surface area contributed by atoms with Gasteiger partial charge in [0.25, 0.3) is 0 Å². The number of rotatable bonds is 4. The molecule has 1 aromatic heterocycles. The van der Waals surface area contributed by atoms with Crippen LogP contribution in [0.2, 0.25) is 0 Å². The van der Waals surface area contributed by atoms with Crippen LogP contribution in [-0.2, 0) is 0 Å². The molecule has 0 bridgehead atoms. The van der Waals surface area contributed by atoms with Crippen molar-refractivity contribution in [1.29, 1.82) is 0 Å². The van der Waals surface area contributed by atoms with Gasteiger partial charge >= 0.3 is 5.97 Å². The summed E-state index contributed by atoms with van der Waals surface area (Å²) in [6.07, 6.45) is 2.41. The topological polar surface area (TPSA) is 75.1 Å². The SMILES string of the molecule is CC(C)(Nc1nc(C(=O)O)nc2ccccc12)C1CC1. The largest absolute Gasteiger partial charge is 0.475 e. The molecule has 104 valence electrons. The average Bonchev–Trinajstić information content (AvgIpc) is 3.22. The number of hydrogen-bond acceptors (Lipinski definition) is 4. The lowest BCUT2D eigenvalue weighted by Gasteiger charge is -2.27. The average molecular weight is 271 g/mol. The minimum Gasteiger partial charge on any atom is -0.475 e. The molecule has 0 spiro atoms. The second kappa shape index (κ2) is 4.44. The van der Waals surface area contributed by atoms with E-state index >= 15 is 0 Å². The second-order valence-electron chi connectivity index (χ2n) is 5.84. The minimum atomic E-state index is -1.11. The number of nitrogens with one attached hydrogen (secondary N) is 1. The first-order valence-electron chi connectivity index (χ1n) is 6.75. The fourth-order valence-corrected chi connectivity index (χ4v) is 2.48. The molecule has 1 heterocycles. The van der Waals surface area contributed by atoms with Gasteiger partial charge in [-0.1, -0.05) is 12.1 Å². The maximum absolute atomic E-state index is 11.2. The maximum Gasteiger partial charge on any atom is 0.374 e. The second-order valence-corrected chi connectivity index (χ2v) is 5.84. The molecule has 0 saturated heterocycles. The van der Waals surface area contributed by atoms with E-state index in [0.717, 1.165) is 5.39 Å². The van der Waals surface area contributed by atoms with Crippen LogP contribution in [0.15, 0.2) is 24.3 Å². The molecule has 0 aliphatic heterocycles. The molecule has 1 aromatic carbocycles. The first kappa shape index (κ1) is 12.8. The van der Waals surface area contributed by atoms with Crippen molar-refractivity contribution in [3.63, 3.8) is 0 Å². The van der Waals surface area contributed by atoms with Crippen LogP contribution in [0, 0.1) is 5.92 Å². The van der Waals surface area contributed by atoms with E-state index in [0.29, 0.717) is 17.3 Å². The third kappa shape index (κ3) is 2.31. The zero-order valence-corrected chi connectivity index (χ0v) is 11.6. The minimum absolute atomic E-state index is 0.0904. The van der Waals surface area contributed by atoms with Crippen molar-refractivity contribution in [3.8, 4) is 0 Å². The monoisotopic (exact) mass is 271 g/mol. The Labute approximate surface area is 117 Å². The van der Waals surface area contributed by atoms with E-state index in [1.165, 1.54) is 12.8 Å². The molecule has 1 aliphatic carbocycles. The highest BCUT2D eigenvalue weighted by Crippen LogP contribution is 2.41. The summed E-state index contributed by atoms with van der Waals surface area (Å²) in [5.74, 6) is -0.0600. The molecule has 0 amide bonds. The third-order valence-electron chi connectivity index (χ3n) is 3.83. The van der Waals surface area contributed by atoms with Crippen molar-refractivity contribution in [2.75, 3.05) is 5.32 Å². The van der Waals surface area contributed by atoms with Gasteiger partial charge in [-0.05, 0) is 44.7 Å². The summed E-state index contributed by atoms with van der Waals surface area (Å²) in [5.41, 5.74) is 0.557. The van der Waals surface area contributed by atoms with Crippen molar-refractivity contribution in [2.24, 2.45) is 5.92 Å². The molecule has 3 rings (SSSR count). The highest BCUT2D eigenvalue weighted by Gasteiger charge is 2.38. The predicted molar refractivity (Wildman–Crippen MR) is 76.9 cm³/mol.